The normalized spacial score (nSPS) is 15.1. The van der Waals surface area contributed by atoms with E-state index in [1.807, 2.05) is 18.2 Å². The predicted octanol–water partition coefficient (Wildman–Crippen LogP) is 2.98. The minimum atomic E-state index is -0.816. The first-order chi connectivity index (χ1) is 13.1. The second-order valence-corrected chi connectivity index (χ2v) is 6.54. The molecule has 1 unspecified atom stereocenters. The van der Waals surface area contributed by atoms with Gasteiger partial charge in [0, 0.05) is 24.5 Å². The Morgan fingerprint density at radius 1 is 1.22 bits per heavy atom. The molecule has 1 amide bonds. The molecule has 2 aromatic carbocycles. The van der Waals surface area contributed by atoms with Crippen molar-refractivity contribution in [2.24, 2.45) is 0 Å². The van der Waals surface area contributed by atoms with Gasteiger partial charge in [0.25, 0.3) is 5.91 Å². The fourth-order valence-electron chi connectivity index (χ4n) is 2.78. The molecule has 8 heteroatoms. The fraction of sp³-hybridized carbons (Fsp3) is 0.316. The quantitative estimate of drug-likeness (QED) is 0.522. The number of nitrogens with zero attached hydrogens (tertiary/aromatic N) is 1. The molecule has 6 nitrogen and oxygen atoms in total. The number of benzene rings is 2. The standard InChI is InChI=1S/C19H22FN3O3S/c1-25-17-7-6-15(23-8-10-26-11-9-23)12-16(17)22-19(27)18(24)21-14-4-2-13(20)3-5-14/h2-7,12,19,22,27H,8-11H2,1H3,(H,21,24). The van der Waals surface area contributed by atoms with Crippen molar-refractivity contribution in [3.8, 4) is 5.75 Å². The number of rotatable bonds is 6. The van der Waals surface area contributed by atoms with Gasteiger partial charge in [-0.1, -0.05) is 0 Å². The molecule has 3 rings (SSSR count). The smallest absolute Gasteiger partial charge is 0.257 e. The van der Waals surface area contributed by atoms with Crippen molar-refractivity contribution in [3.05, 3.63) is 48.3 Å². The van der Waals surface area contributed by atoms with Gasteiger partial charge in [-0.15, -0.1) is 12.6 Å². The summed E-state index contributed by atoms with van der Waals surface area (Å²) in [5.74, 6) is -0.109. The summed E-state index contributed by atoms with van der Waals surface area (Å²) in [4.78, 5) is 14.6. The van der Waals surface area contributed by atoms with Crippen molar-refractivity contribution in [1.82, 2.24) is 0 Å². The Morgan fingerprint density at radius 3 is 2.59 bits per heavy atom. The SMILES string of the molecule is COc1ccc(N2CCOCC2)cc1NC(S)C(=O)Nc1ccc(F)cc1. The molecule has 0 aromatic heterocycles. The molecule has 1 aliphatic rings. The molecular formula is C19H22FN3O3S. The number of nitrogens with one attached hydrogen (secondary N) is 2. The van der Waals surface area contributed by atoms with Crippen molar-refractivity contribution >= 4 is 35.6 Å². The number of methoxy groups -OCH3 is 1. The predicted molar refractivity (Wildman–Crippen MR) is 107 cm³/mol. The van der Waals surface area contributed by atoms with Crippen LogP contribution in [0.5, 0.6) is 5.75 Å². The van der Waals surface area contributed by atoms with Crippen molar-refractivity contribution < 1.29 is 18.7 Å². The maximum absolute atomic E-state index is 13.0. The summed E-state index contributed by atoms with van der Waals surface area (Å²) < 4.78 is 23.8. The summed E-state index contributed by atoms with van der Waals surface area (Å²) in [7, 11) is 1.57. The number of hydrogen-bond donors (Lipinski definition) is 3. The zero-order valence-electron chi connectivity index (χ0n) is 14.9. The van der Waals surface area contributed by atoms with Gasteiger partial charge in [-0.2, -0.15) is 0 Å². The molecule has 1 aliphatic heterocycles. The molecule has 1 heterocycles. The highest BCUT2D eigenvalue weighted by Crippen LogP contribution is 2.31. The third kappa shape index (κ3) is 5.05. The number of carbonyl (C=O) groups is 1. The van der Waals surface area contributed by atoms with Crippen LogP contribution >= 0.6 is 12.6 Å². The first-order valence-electron chi connectivity index (χ1n) is 8.58. The lowest BCUT2D eigenvalue weighted by atomic mass is 10.2. The Kier molecular flexibility index (Phi) is 6.41. The third-order valence-corrected chi connectivity index (χ3v) is 4.58. The zero-order valence-corrected chi connectivity index (χ0v) is 15.8. The average Bonchev–Trinajstić information content (AvgIpc) is 2.70. The van der Waals surface area contributed by atoms with Gasteiger partial charge >= 0.3 is 0 Å². The van der Waals surface area contributed by atoms with Crippen LogP contribution in [0.15, 0.2) is 42.5 Å². The first-order valence-corrected chi connectivity index (χ1v) is 9.10. The second-order valence-electron chi connectivity index (χ2n) is 6.03. The lowest BCUT2D eigenvalue weighted by Gasteiger charge is -2.29. The molecule has 1 saturated heterocycles. The minimum absolute atomic E-state index is 0.358. The summed E-state index contributed by atoms with van der Waals surface area (Å²) in [6.45, 7) is 2.98. The molecule has 0 radical (unpaired) electrons. The summed E-state index contributed by atoms with van der Waals surface area (Å²) >= 11 is 4.35. The van der Waals surface area contributed by atoms with Gasteiger partial charge in [0.2, 0.25) is 0 Å². The molecule has 1 atom stereocenters. The van der Waals surface area contributed by atoms with Crippen molar-refractivity contribution in [3.63, 3.8) is 0 Å². The maximum atomic E-state index is 13.0. The van der Waals surface area contributed by atoms with Gasteiger partial charge in [0.15, 0.2) is 5.37 Å². The van der Waals surface area contributed by atoms with Gasteiger partial charge in [0.05, 0.1) is 26.0 Å². The van der Waals surface area contributed by atoms with E-state index < -0.39 is 5.37 Å². The Bertz CT molecular complexity index is 782. The van der Waals surface area contributed by atoms with E-state index in [0.29, 0.717) is 30.3 Å². The molecule has 1 fully saturated rings. The number of halogens is 1. The zero-order chi connectivity index (χ0) is 19.2. The maximum Gasteiger partial charge on any atom is 0.257 e. The lowest BCUT2D eigenvalue weighted by molar-refractivity contribution is -0.115. The number of ether oxygens (including phenoxy) is 2. The van der Waals surface area contributed by atoms with Crippen LogP contribution in [0.1, 0.15) is 0 Å². The van der Waals surface area contributed by atoms with Crippen LogP contribution in [-0.2, 0) is 9.53 Å². The summed E-state index contributed by atoms with van der Waals surface area (Å²) in [6.07, 6.45) is 0. The lowest BCUT2D eigenvalue weighted by Crippen LogP contribution is -2.36. The molecular weight excluding hydrogens is 369 g/mol. The van der Waals surface area contributed by atoms with Crippen LogP contribution in [-0.4, -0.2) is 44.7 Å². The molecule has 0 spiro atoms. The average molecular weight is 391 g/mol. The monoisotopic (exact) mass is 391 g/mol. The number of amides is 1. The number of anilines is 3. The Hall–Kier alpha value is -2.45. The van der Waals surface area contributed by atoms with E-state index in [0.717, 1.165) is 18.8 Å². The molecule has 0 bridgehead atoms. The molecule has 144 valence electrons. The third-order valence-electron chi connectivity index (χ3n) is 4.21. The van der Waals surface area contributed by atoms with Crippen LogP contribution in [0.2, 0.25) is 0 Å². The van der Waals surface area contributed by atoms with Gasteiger partial charge in [-0.25, -0.2) is 4.39 Å². The first kappa shape index (κ1) is 19.3. The van der Waals surface area contributed by atoms with Crippen molar-refractivity contribution in [2.75, 3.05) is 48.9 Å². The Morgan fingerprint density at radius 2 is 1.93 bits per heavy atom. The summed E-state index contributed by atoms with van der Waals surface area (Å²) in [5, 5.41) is 4.94. The van der Waals surface area contributed by atoms with Crippen LogP contribution in [0, 0.1) is 5.82 Å². The molecule has 27 heavy (non-hydrogen) atoms. The highest BCUT2D eigenvalue weighted by Gasteiger charge is 2.18. The van der Waals surface area contributed by atoms with E-state index in [4.69, 9.17) is 9.47 Å². The number of carbonyl (C=O) groups excluding carboxylic acids is 1. The Labute approximate surface area is 163 Å². The van der Waals surface area contributed by atoms with E-state index in [1.165, 1.54) is 24.3 Å². The van der Waals surface area contributed by atoms with Crippen LogP contribution < -0.4 is 20.3 Å². The van der Waals surface area contributed by atoms with E-state index in [-0.39, 0.29) is 11.7 Å². The number of morpholine rings is 1. The van der Waals surface area contributed by atoms with Crippen LogP contribution in [0.3, 0.4) is 0 Å². The van der Waals surface area contributed by atoms with Crippen LogP contribution in [0.25, 0.3) is 0 Å². The van der Waals surface area contributed by atoms with Crippen molar-refractivity contribution in [2.45, 2.75) is 5.37 Å². The van der Waals surface area contributed by atoms with Gasteiger partial charge in [0.1, 0.15) is 11.6 Å². The van der Waals surface area contributed by atoms with E-state index >= 15 is 0 Å². The van der Waals surface area contributed by atoms with Crippen LogP contribution in [0.4, 0.5) is 21.5 Å². The molecule has 0 saturated carbocycles. The van der Waals surface area contributed by atoms with Crippen molar-refractivity contribution in [1.29, 1.82) is 0 Å². The fourth-order valence-corrected chi connectivity index (χ4v) is 2.99. The van der Waals surface area contributed by atoms with Gasteiger partial charge in [-0.3, -0.25) is 4.79 Å². The highest BCUT2D eigenvalue weighted by molar-refractivity contribution is 7.82. The highest BCUT2D eigenvalue weighted by atomic mass is 32.1. The topological polar surface area (TPSA) is 62.8 Å². The summed E-state index contributed by atoms with van der Waals surface area (Å²) in [6, 6.07) is 11.3. The number of thiol groups is 1. The second kappa shape index (κ2) is 8.96. The summed E-state index contributed by atoms with van der Waals surface area (Å²) in [5.41, 5.74) is 2.17. The number of hydrogen-bond acceptors (Lipinski definition) is 6. The molecule has 0 aliphatic carbocycles. The van der Waals surface area contributed by atoms with E-state index in [2.05, 4.69) is 28.2 Å². The van der Waals surface area contributed by atoms with E-state index in [1.54, 1.807) is 7.11 Å². The van der Waals surface area contributed by atoms with Gasteiger partial charge < -0.3 is 25.0 Å². The largest absolute Gasteiger partial charge is 0.495 e. The molecule has 2 N–H and O–H groups in total. The minimum Gasteiger partial charge on any atom is -0.495 e. The van der Waals surface area contributed by atoms with E-state index in [9.17, 15) is 9.18 Å². The van der Waals surface area contributed by atoms with Gasteiger partial charge in [-0.05, 0) is 42.5 Å². The molecule has 2 aromatic rings. The Balaban J connectivity index is 1.70.